The highest BCUT2D eigenvalue weighted by Gasteiger charge is 2.59. The van der Waals surface area contributed by atoms with E-state index in [1.54, 1.807) is 5.57 Å². The number of nitrogens with zero attached hydrogens (tertiary/aromatic N) is 1. The third-order valence-electron chi connectivity index (χ3n) is 15.9. The zero-order valence-electron chi connectivity index (χ0n) is 39.9. The van der Waals surface area contributed by atoms with E-state index in [0.717, 1.165) is 87.6 Å². The number of unbranched alkanes of at least 4 members (excludes halogenated alkanes) is 10. The van der Waals surface area contributed by atoms with Crippen LogP contribution in [0.15, 0.2) is 36.0 Å². The molecule has 0 amide bonds. The molecule has 4 nitrogen and oxygen atoms in total. The van der Waals surface area contributed by atoms with Crippen molar-refractivity contribution in [1.82, 2.24) is 4.90 Å². The second-order valence-electron chi connectivity index (χ2n) is 21.1. The van der Waals surface area contributed by atoms with E-state index >= 15 is 0 Å². The quantitative estimate of drug-likeness (QED) is 0.0516. The van der Waals surface area contributed by atoms with E-state index in [1.807, 2.05) is 0 Å². The Kier molecular flexibility index (Phi) is 23.3. The fourth-order valence-electron chi connectivity index (χ4n) is 12.5. The van der Waals surface area contributed by atoms with Gasteiger partial charge < -0.3 is 19.1 Å². The number of likely N-dealkylation sites (N-methyl/N-ethyl adjacent to an activating group) is 1. The summed E-state index contributed by atoms with van der Waals surface area (Å²) >= 11 is 0. The largest absolute Gasteiger partial charge is 0.379 e. The Hall–Kier alpha value is -0.940. The second-order valence-corrected chi connectivity index (χ2v) is 21.1. The summed E-state index contributed by atoms with van der Waals surface area (Å²) in [4.78, 5) is 2.23. The topological polar surface area (TPSA) is 30.9 Å². The zero-order chi connectivity index (χ0) is 41.6. The molecule has 4 heteroatoms. The van der Waals surface area contributed by atoms with Gasteiger partial charge in [-0.15, -0.1) is 0 Å². The van der Waals surface area contributed by atoms with Crippen molar-refractivity contribution in [2.24, 2.45) is 46.3 Å². The van der Waals surface area contributed by atoms with Gasteiger partial charge in [0.05, 0.1) is 18.8 Å². The molecule has 0 aromatic carbocycles. The van der Waals surface area contributed by atoms with Crippen LogP contribution in [-0.2, 0) is 14.2 Å². The molecule has 0 aromatic rings. The molecule has 0 spiro atoms. The molecule has 336 valence electrons. The monoisotopic (exact) mass is 808 g/mol. The molecule has 58 heavy (non-hydrogen) atoms. The minimum absolute atomic E-state index is 0.153. The molecule has 0 radical (unpaired) electrons. The van der Waals surface area contributed by atoms with Gasteiger partial charge in [-0.3, -0.25) is 0 Å². The van der Waals surface area contributed by atoms with Crippen LogP contribution in [0.3, 0.4) is 0 Å². The summed E-state index contributed by atoms with van der Waals surface area (Å²) in [6.45, 7) is 19.2. The lowest BCUT2D eigenvalue weighted by Gasteiger charge is -2.58. The van der Waals surface area contributed by atoms with E-state index in [4.69, 9.17) is 14.2 Å². The van der Waals surface area contributed by atoms with Crippen molar-refractivity contribution in [1.29, 1.82) is 0 Å². The van der Waals surface area contributed by atoms with Crippen molar-refractivity contribution in [2.45, 2.75) is 214 Å². The molecule has 4 aliphatic carbocycles. The van der Waals surface area contributed by atoms with Gasteiger partial charge in [-0.05, 0) is 163 Å². The first-order valence-electron chi connectivity index (χ1n) is 25.5. The molecule has 9 atom stereocenters. The lowest BCUT2D eigenvalue weighted by molar-refractivity contribution is -0.0645. The molecule has 3 saturated carbocycles. The Labute approximate surface area is 361 Å². The van der Waals surface area contributed by atoms with Crippen LogP contribution in [-0.4, -0.2) is 64.2 Å². The average Bonchev–Trinajstić information content (AvgIpc) is 3.55. The maximum absolute atomic E-state index is 6.58. The molecule has 0 N–H and O–H groups in total. The minimum Gasteiger partial charge on any atom is -0.379 e. The second kappa shape index (κ2) is 27.2. The number of ether oxygens (including phenoxy) is 3. The SMILES string of the molecule is CCCCCC=CCC=CCCCCCCCCOC(COCCCCO[C@@H]1CC[C@]2(C)C(=CCC3C4CCC(C(C)CCCC(C)C)[C@]4(C)CCC32)C1)CN(C)C. The van der Waals surface area contributed by atoms with Crippen LogP contribution in [0.25, 0.3) is 0 Å². The van der Waals surface area contributed by atoms with E-state index in [9.17, 15) is 0 Å². The number of fused-ring (bicyclic) bond motifs is 5. The average molecular weight is 808 g/mol. The molecule has 0 heterocycles. The van der Waals surface area contributed by atoms with Gasteiger partial charge in [-0.2, -0.15) is 0 Å². The molecule has 0 aliphatic heterocycles. The lowest BCUT2D eigenvalue weighted by atomic mass is 9.47. The van der Waals surface area contributed by atoms with Crippen LogP contribution in [0.5, 0.6) is 0 Å². The fraction of sp³-hybridized carbons (Fsp3) is 0.889. The van der Waals surface area contributed by atoms with Crippen LogP contribution >= 0.6 is 0 Å². The van der Waals surface area contributed by atoms with E-state index in [-0.39, 0.29) is 6.10 Å². The van der Waals surface area contributed by atoms with Gasteiger partial charge in [0.25, 0.3) is 0 Å². The third kappa shape index (κ3) is 16.1. The van der Waals surface area contributed by atoms with Crippen LogP contribution < -0.4 is 0 Å². The highest BCUT2D eigenvalue weighted by atomic mass is 16.5. The Bertz CT molecular complexity index is 1170. The van der Waals surface area contributed by atoms with Gasteiger partial charge in [0.2, 0.25) is 0 Å². The number of hydrogen-bond donors (Lipinski definition) is 0. The van der Waals surface area contributed by atoms with Crippen molar-refractivity contribution in [3.8, 4) is 0 Å². The lowest BCUT2D eigenvalue weighted by Crippen LogP contribution is -2.51. The summed E-state index contributed by atoms with van der Waals surface area (Å²) in [5.74, 6) is 5.43. The van der Waals surface area contributed by atoms with Gasteiger partial charge in [-0.25, -0.2) is 0 Å². The van der Waals surface area contributed by atoms with E-state index in [2.05, 4.69) is 90.9 Å². The summed E-state index contributed by atoms with van der Waals surface area (Å²) in [6, 6.07) is 0. The van der Waals surface area contributed by atoms with Crippen LogP contribution in [0.2, 0.25) is 0 Å². The van der Waals surface area contributed by atoms with E-state index in [0.29, 0.717) is 23.5 Å². The molecule has 3 fully saturated rings. The zero-order valence-corrected chi connectivity index (χ0v) is 39.9. The maximum atomic E-state index is 6.58. The Morgan fingerprint density at radius 3 is 2.19 bits per heavy atom. The van der Waals surface area contributed by atoms with Crippen LogP contribution in [0.4, 0.5) is 0 Å². The van der Waals surface area contributed by atoms with Gasteiger partial charge >= 0.3 is 0 Å². The standard InChI is InChI=1S/C54H97NO3/c1-9-10-11-12-13-14-15-16-17-18-19-20-21-22-23-24-39-58-48(42-55(7)8)43-56-38-25-26-40-57-47-34-36-53(5)46(41-47)30-31-49-51-33-32-50(45(4)29-27-28-44(2)3)54(51,6)37-35-52(49)53/h13-14,16-17,30,44-45,47-52H,9-12,15,18-29,31-43H2,1-8H3/t45?,47-,48?,49?,50?,51?,52?,53-,54+/m1/s1. The molecule has 6 unspecified atom stereocenters. The number of hydrogen-bond acceptors (Lipinski definition) is 4. The van der Waals surface area contributed by atoms with Gasteiger partial charge in [0.15, 0.2) is 0 Å². The van der Waals surface area contributed by atoms with Crippen molar-refractivity contribution in [3.05, 3.63) is 36.0 Å². The Balaban J connectivity index is 1.03. The van der Waals surface area contributed by atoms with Crippen molar-refractivity contribution in [3.63, 3.8) is 0 Å². The number of rotatable bonds is 31. The molecule has 4 rings (SSSR count). The Morgan fingerprint density at radius 2 is 1.45 bits per heavy atom. The molecule has 4 aliphatic rings. The van der Waals surface area contributed by atoms with Crippen molar-refractivity contribution >= 4 is 0 Å². The number of allylic oxidation sites excluding steroid dienone is 5. The van der Waals surface area contributed by atoms with E-state index < -0.39 is 0 Å². The highest BCUT2D eigenvalue weighted by molar-refractivity contribution is 5.25. The molecular formula is C54H97NO3. The van der Waals surface area contributed by atoms with Crippen molar-refractivity contribution < 1.29 is 14.2 Å². The summed E-state index contributed by atoms with van der Waals surface area (Å²) < 4.78 is 19.1. The summed E-state index contributed by atoms with van der Waals surface area (Å²) in [6.07, 6.45) is 45.4. The van der Waals surface area contributed by atoms with Crippen LogP contribution in [0.1, 0.15) is 202 Å². The van der Waals surface area contributed by atoms with E-state index in [1.165, 1.54) is 135 Å². The predicted octanol–water partition coefficient (Wildman–Crippen LogP) is 15.0. The highest BCUT2D eigenvalue weighted by Crippen LogP contribution is 2.67. The molecule has 0 bridgehead atoms. The normalized spacial score (nSPS) is 29.6. The predicted molar refractivity (Wildman–Crippen MR) is 250 cm³/mol. The molecule has 0 saturated heterocycles. The van der Waals surface area contributed by atoms with Gasteiger partial charge in [0, 0.05) is 26.4 Å². The smallest absolute Gasteiger partial charge is 0.0934 e. The first-order valence-corrected chi connectivity index (χ1v) is 25.5. The molecular weight excluding hydrogens is 711 g/mol. The summed E-state index contributed by atoms with van der Waals surface area (Å²) in [7, 11) is 4.27. The fourth-order valence-corrected chi connectivity index (χ4v) is 12.5. The summed E-state index contributed by atoms with van der Waals surface area (Å²) in [5.41, 5.74) is 2.75. The Morgan fingerprint density at radius 1 is 0.741 bits per heavy atom. The first-order chi connectivity index (χ1) is 28.1. The van der Waals surface area contributed by atoms with Crippen molar-refractivity contribution in [2.75, 3.05) is 47.1 Å². The minimum atomic E-state index is 0.153. The summed E-state index contributed by atoms with van der Waals surface area (Å²) in [5, 5.41) is 0. The molecule has 0 aromatic heterocycles. The maximum Gasteiger partial charge on any atom is 0.0934 e. The first kappa shape index (κ1) is 49.7. The van der Waals surface area contributed by atoms with Gasteiger partial charge in [-0.1, -0.05) is 135 Å². The van der Waals surface area contributed by atoms with Gasteiger partial charge in [0.1, 0.15) is 0 Å². The van der Waals surface area contributed by atoms with Crippen LogP contribution in [0, 0.1) is 46.3 Å². The third-order valence-corrected chi connectivity index (χ3v) is 15.9.